The summed E-state index contributed by atoms with van der Waals surface area (Å²) in [6.07, 6.45) is 4.07. The second-order valence-corrected chi connectivity index (χ2v) is 7.44. The summed E-state index contributed by atoms with van der Waals surface area (Å²) < 4.78 is 2.14. The van der Waals surface area contributed by atoms with Crippen molar-refractivity contribution in [2.75, 3.05) is 0 Å². The van der Waals surface area contributed by atoms with Crippen LogP contribution in [0.2, 0.25) is 0 Å². The van der Waals surface area contributed by atoms with Gasteiger partial charge in [-0.05, 0) is 42.6 Å². The monoisotopic (exact) mass is 373 g/mol. The maximum atomic E-state index is 12.5. The molecule has 8 heteroatoms. The average Bonchev–Trinajstić information content (AvgIpc) is 3.27. The fourth-order valence-corrected chi connectivity index (χ4v) is 4.48. The SMILES string of the molecule is O=C(O)c1cc(-c2cccs2)nc2c1c(=O)[nH]c(=S)n2C1CCCC1. The Labute approximate surface area is 151 Å². The smallest absolute Gasteiger partial charge is 0.336 e. The van der Waals surface area contributed by atoms with Gasteiger partial charge in [0.2, 0.25) is 0 Å². The molecule has 0 bridgehead atoms. The number of H-pyrrole nitrogens is 1. The Morgan fingerprint density at radius 2 is 2.16 bits per heavy atom. The van der Waals surface area contributed by atoms with Crippen molar-refractivity contribution < 1.29 is 9.90 Å². The number of fused-ring (bicyclic) bond motifs is 1. The van der Waals surface area contributed by atoms with Crippen molar-refractivity contribution in [1.82, 2.24) is 14.5 Å². The molecular weight excluding hydrogens is 358 g/mol. The van der Waals surface area contributed by atoms with Crippen molar-refractivity contribution in [3.63, 3.8) is 0 Å². The summed E-state index contributed by atoms with van der Waals surface area (Å²) in [5.74, 6) is -1.15. The maximum absolute atomic E-state index is 12.5. The average molecular weight is 373 g/mol. The van der Waals surface area contributed by atoms with E-state index in [9.17, 15) is 14.7 Å². The number of carbonyl (C=O) groups is 1. The van der Waals surface area contributed by atoms with E-state index in [1.54, 1.807) is 0 Å². The Hall–Kier alpha value is -2.32. The summed E-state index contributed by atoms with van der Waals surface area (Å²) >= 11 is 6.85. The van der Waals surface area contributed by atoms with Gasteiger partial charge >= 0.3 is 5.97 Å². The molecule has 0 saturated heterocycles. The first-order valence-electron chi connectivity index (χ1n) is 8.03. The molecule has 0 amide bonds. The topological polar surface area (TPSA) is 88.0 Å². The largest absolute Gasteiger partial charge is 0.478 e. The number of thiophene rings is 1. The highest BCUT2D eigenvalue weighted by Gasteiger charge is 2.24. The van der Waals surface area contributed by atoms with Gasteiger partial charge in [0.1, 0.15) is 5.65 Å². The van der Waals surface area contributed by atoms with Crippen molar-refractivity contribution in [2.24, 2.45) is 0 Å². The van der Waals surface area contributed by atoms with Crippen molar-refractivity contribution in [2.45, 2.75) is 31.7 Å². The van der Waals surface area contributed by atoms with E-state index in [2.05, 4.69) is 9.97 Å². The van der Waals surface area contributed by atoms with Crippen molar-refractivity contribution in [3.8, 4) is 10.6 Å². The Balaban J connectivity index is 2.13. The van der Waals surface area contributed by atoms with Gasteiger partial charge in [-0.1, -0.05) is 18.9 Å². The van der Waals surface area contributed by atoms with Crippen LogP contribution in [-0.4, -0.2) is 25.6 Å². The van der Waals surface area contributed by atoms with Gasteiger partial charge < -0.3 is 5.11 Å². The van der Waals surface area contributed by atoms with E-state index in [1.165, 1.54) is 17.4 Å². The predicted molar refractivity (Wildman–Crippen MR) is 99.0 cm³/mol. The first kappa shape index (κ1) is 16.2. The molecule has 25 heavy (non-hydrogen) atoms. The summed E-state index contributed by atoms with van der Waals surface area (Å²) in [4.78, 5) is 32.4. The fourth-order valence-electron chi connectivity index (χ4n) is 3.47. The van der Waals surface area contributed by atoms with Gasteiger partial charge in [-0.25, -0.2) is 9.78 Å². The Bertz CT molecular complexity index is 1080. The molecule has 0 spiro atoms. The molecule has 1 saturated carbocycles. The number of aromatic carboxylic acids is 1. The minimum Gasteiger partial charge on any atom is -0.478 e. The standard InChI is InChI=1S/C17H15N3O3S2/c21-15-13-10(16(22)23)8-11(12-6-3-7-25-12)18-14(13)20(17(24)19-15)9-4-1-2-5-9/h3,6-9H,1-2,4-5H2,(H,22,23)(H,19,21,24). The molecule has 1 aliphatic carbocycles. The lowest BCUT2D eigenvalue weighted by Gasteiger charge is -2.18. The molecule has 0 aromatic carbocycles. The second kappa shape index (κ2) is 6.20. The molecule has 6 nitrogen and oxygen atoms in total. The first-order chi connectivity index (χ1) is 12.1. The Morgan fingerprint density at radius 3 is 2.80 bits per heavy atom. The van der Waals surface area contributed by atoms with E-state index in [-0.39, 0.29) is 17.0 Å². The van der Waals surface area contributed by atoms with Crippen molar-refractivity contribution in [1.29, 1.82) is 0 Å². The van der Waals surface area contributed by atoms with Crippen LogP contribution in [-0.2, 0) is 0 Å². The lowest BCUT2D eigenvalue weighted by atomic mass is 10.1. The third kappa shape index (κ3) is 2.71. The van der Waals surface area contributed by atoms with Crippen LogP contribution in [0.15, 0.2) is 28.4 Å². The van der Waals surface area contributed by atoms with Gasteiger partial charge in [-0.2, -0.15) is 0 Å². The van der Waals surface area contributed by atoms with Gasteiger partial charge in [0, 0.05) is 6.04 Å². The number of nitrogens with zero attached hydrogens (tertiary/aromatic N) is 2. The summed E-state index contributed by atoms with van der Waals surface area (Å²) in [7, 11) is 0. The molecule has 0 aliphatic heterocycles. The van der Waals surface area contributed by atoms with Gasteiger partial charge in [-0.15, -0.1) is 11.3 Å². The first-order valence-corrected chi connectivity index (χ1v) is 9.32. The lowest BCUT2D eigenvalue weighted by molar-refractivity contribution is 0.0699. The number of pyridine rings is 1. The van der Waals surface area contributed by atoms with Gasteiger partial charge in [-0.3, -0.25) is 14.3 Å². The minimum absolute atomic E-state index is 0.0450. The number of aromatic nitrogens is 3. The number of carboxylic acid groups (broad SMARTS) is 1. The number of carboxylic acids is 1. The zero-order chi connectivity index (χ0) is 17.6. The van der Waals surface area contributed by atoms with Crippen LogP contribution < -0.4 is 5.56 Å². The number of nitrogens with one attached hydrogen (secondary N) is 1. The van der Waals surface area contributed by atoms with Crippen LogP contribution in [0.25, 0.3) is 21.6 Å². The third-order valence-corrected chi connectivity index (χ3v) is 5.78. The van der Waals surface area contributed by atoms with Crippen molar-refractivity contribution in [3.05, 3.63) is 44.3 Å². The molecule has 3 heterocycles. The molecule has 0 atom stereocenters. The highest BCUT2D eigenvalue weighted by molar-refractivity contribution is 7.71. The molecule has 128 valence electrons. The normalized spacial score (nSPS) is 15.0. The van der Waals surface area contributed by atoms with Crippen LogP contribution in [0.1, 0.15) is 42.1 Å². The lowest BCUT2D eigenvalue weighted by Crippen LogP contribution is -2.21. The summed E-state index contributed by atoms with van der Waals surface area (Å²) in [5.41, 5.74) is 0.365. The number of rotatable bonds is 3. The molecule has 0 radical (unpaired) electrons. The molecule has 1 aliphatic rings. The Morgan fingerprint density at radius 1 is 1.40 bits per heavy atom. The zero-order valence-corrected chi connectivity index (χ0v) is 14.8. The minimum atomic E-state index is -1.15. The van der Waals surface area contributed by atoms with Crippen LogP contribution in [0.3, 0.4) is 0 Å². The Kier molecular flexibility index (Phi) is 4.01. The van der Waals surface area contributed by atoms with Crippen LogP contribution in [0.5, 0.6) is 0 Å². The van der Waals surface area contributed by atoms with Gasteiger partial charge in [0.05, 0.1) is 21.5 Å². The van der Waals surface area contributed by atoms with Gasteiger partial charge in [0.15, 0.2) is 4.77 Å². The van der Waals surface area contributed by atoms with E-state index in [0.29, 0.717) is 16.1 Å². The quantitative estimate of drug-likeness (QED) is 0.678. The highest BCUT2D eigenvalue weighted by atomic mass is 32.1. The highest BCUT2D eigenvalue weighted by Crippen LogP contribution is 2.33. The van der Waals surface area contributed by atoms with E-state index in [4.69, 9.17) is 12.2 Å². The summed E-state index contributed by atoms with van der Waals surface area (Å²) in [5, 5.41) is 11.6. The van der Waals surface area contributed by atoms with E-state index >= 15 is 0 Å². The molecule has 2 N–H and O–H groups in total. The summed E-state index contributed by atoms with van der Waals surface area (Å²) in [6.45, 7) is 0. The van der Waals surface area contributed by atoms with E-state index in [0.717, 1.165) is 30.6 Å². The molecule has 0 unspecified atom stereocenters. The van der Waals surface area contributed by atoms with Crippen LogP contribution >= 0.6 is 23.6 Å². The number of hydrogen-bond acceptors (Lipinski definition) is 5. The molecular formula is C17H15N3O3S2. The maximum Gasteiger partial charge on any atom is 0.336 e. The molecule has 4 rings (SSSR count). The van der Waals surface area contributed by atoms with Crippen molar-refractivity contribution >= 4 is 40.6 Å². The summed E-state index contributed by atoms with van der Waals surface area (Å²) in [6, 6.07) is 5.37. The molecule has 3 aromatic rings. The molecule has 1 fully saturated rings. The second-order valence-electron chi connectivity index (χ2n) is 6.10. The predicted octanol–water partition coefficient (Wildman–Crippen LogP) is 4.00. The van der Waals surface area contributed by atoms with E-state index < -0.39 is 11.5 Å². The van der Waals surface area contributed by atoms with Crippen LogP contribution in [0, 0.1) is 4.77 Å². The molecule has 3 aromatic heterocycles. The van der Waals surface area contributed by atoms with Crippen LogP contribution in [0.4, 0.5) is 0 Å². The number of aromatic amines is 1. The van der Waals surface area contributed by atoms with Gasteiger partial charge in [0.25, 0.3) is 5.56 Å². The van der Waals surface area contributed by atoms with E-state index in [1.807, 2.05) is 22.1 Å². The fraction of sp³-hybridized carbons (Fsp3) is 0.294. The third-order valence-electron chi connectivity index (χ3n) is 4.59. The number of hydrogen-bond donors (Lipinski definition) is 2. The zero-order valence-electron chi connectivity index (χ0n) is 13.2.